The molecule has 0 saturated carbocycles. The van der Waals surface area contributed by atoms with Crippen LogP contribution in [0, 0.1) is 10.6 Å². The quantitative estimate of drug-likeness (QED) is 0.612. The van der Waals surface area contributed by atoms with E-state index < -0.39 is 0 Å². The molecule has 0 bridgehead atoms. The molecule has 2 rings (SSSR count). The summed E-state index contributed by atoms with van der Waals surface area (Å²) in [4.78, 5) is 16.4. The maximum atomic E-state index is 11.8. The number of rotatable bonds is 3. The minimum Gasteiger partial charge on any atom is -0.462 e. The Morgan fingerprint density at radius 3 is 2.74 bits per heavy atom. The molecule has 4 nitrogen and oxygen atoms in total. The van der Waals surface area contributed by atoms with Crippen LogP contribution in [0.5, 0.6) is 0 Å². The molecule has 0 atom stereocenters. The van der Waals surface area contributed by atoms with E-state index in [9.17, 15) is 4.79 Å². The number of esters is 1. The first-order chi connectivity index (χ1) is 8.95. The summed E-state index contributed by atoms with van der Waals surface area (Å²) in [5.74, 6) is 0.0643. The molecule has 0 aliphatic heterocycles. The van der Waals surface area contributed by atoms with Crippen molar-refractivity contribution < 1.29 is 9.53 Å². The number of pyridine rings is 1. The summed E-state index contributed by atoms with van der Waals surface area (Å²) in [6.07, 6.45) is 0. The number of imidazole rings is 1. The van der Waals surface area contributed by atoms with E-state index >= 15 is 0 Å². The molecular formula is C14H17IN2O2. The summed E-state index contributed by atoms with van der Waals surface area (Å²) < 4.78 is 8.21. The predicted molar refractivity (Wildman–Crippen MR) is 82.7 cm³/mol. The molecule has 2 heterocycles. The monoisotopic (exact) mass is 372 g/mol. The van der Waals surface area contributed by atoms with E-state index in [1.165, 1.54) is 0 Å². The van der Waals surface area contributed by atoms with Crippen molar-refractivity contribution in [1.29, 1.82) is 0 Å². The first kappa shape index (κ1) is 14.3. The standard InChI is InChI=1S/C14H17IN2O2/c1-5-19-14(18)10-6-9(4)17-11(7-10)16-12(8(2)3)13(17)15/h6-8H,5H2,1-4H3. The van der Waals surface area contributed by atoms with Crippen molar-refractivity contribution >= 4 is 34.2 Å². The second-order valence-electron chi connectivity index (χ2n) is 4.74. The summed E-state index contributed by atoms with van der Waals surface area (Å²) in [6, 6.07) is 3.64. The molecule has 0 aromatic carbocycles. The van der Waals surface area contributed by atoms with E-state index in [1.807, 2.05) is 13.0 Å². The van der Waals surface area contributed by atoms with Crippen LogP contribution in [0.25, 0.3) is 5.65 Å². The molecule has 2 aromatic rings. The average Bonchev–Trinajstić information content (AvgIpc) is 2.67. The molecule has 2 aromatic heterocycles. The van der Waals surface area contributed by atoms with E-state index in [1.54, 1.807) is 13.0 Å². The lowest BCUT2D eigenvalue weighted by Gasteiger charge is -2.06. The second kappa shape index (κ2) is 5.48. The van der Waals surface area contributed by atoms with Gasteiger partial charge in [0.15, 0.2) is 0 Å². The summed E-state index contributed by atoms with van der Waals surface area (Å²) in [5, 5.41) is 0. The summed E-state index contributed by atoms with van der Waals surface area (Å²) >= 11 is 2.30. The van der Waals surface area contributed by atoms with Gasteiger partial charge in [0.25, 0.3) is 0 Å². The van der Waals surface area contributed by atoms with Crippen LogP contribution in [-0.4, -0.2) is 22.0 Å². The number of fused-ring (bicyclic) bond motifs is 1. The molecule has 0 saturated heterocycles. The fourth-order valence-corrected chi connectivity index (χ4v) is 3.41. The molecule has 0 N–H and O–H groups in total. The van der Waals surface area contributed by atoms with Gasteiger partial charge in [-0.05, 0) is 54.5 Å². The van der Waals surface area contributed by atoms with Crippen LogP contribution in [0.1, 0.15) is 48.4 Å². The van der Waals surface area contributed by atoms with Crippen molar-refractivity contribution in [3.05, 3.63) is 32.8 Å². The van der Waals surface area contributed by atoms with Gasteiger partial charge in [0.1, 0.15) is 9.35 Å². The number of nitrogens with zero attached hydrogens (tertiary/aromatic N) is 2. The van der Waals surface area contributed by atoms with E-state index in [-0.39, 0.29) is 5.97 Å². The lowest BCUT2D eigenvalue weighted by molar-refractivity contribution is 0.0526. The van der Waals surface area contributed by atoms with Gasteiger partial charge < -0.3 is 4.74 Å². The highest BCUT2D eigenvalue weighted by Crippen LogP contribution is 2.24. The van der Waals surface area contributed by atoms with Crippen LogP contribution in [0.2, 0.25) is 0 Å². The van der Waals surface area contributed by atoms with Crippen molar-refractivity contribution in [3.8, 4) is 0 Å². The largest absolute Gasteiger partial charge is 0.462 e. The number of carbonyl (C=O) groups excluding carboxylic acids is 1. The van der Waals surface area contributed by atoms with Crippen LogP contribution in [-0.2, 0) is 4.74 Å². The first-order valence-corrected chi connectivity index (χ1v) is 7.39. The van der Waals surface area contributed by atoms with Crippen LogP contribution in [0.4, 0.5) is 0 Å². The molecule has 0 radical (unpaired) electrons. The third-order valence-electron chi connectivity index (χ3n) is 2.93. The predicted octanol–water partition coefficient (Wildman–Crippen LogP) is 3.55. The van der Waals surface area contributed by atoms with Gasteiger partial charge in [-0.25, -0.2) is 9.78 Å². The fourth-order valence-electron chi connectivity index (χ4n) is 2.04. The Balaban J connectivity index is 2.61. The second-order valence-corrected chi connectivity index (χ2v) is 5.76. The third kappa shape index (κ3) is 2.61. The number of aryl methyl sites for hydroxylation is 1. The molecule has 19 heavy (non-hydrogen) atoms. The van der Waals surface area contributed by atoms with Crippen LogP contribution in [0.3, 0.4) is 0 Å². The minimum atomic E-state index is -0.294. The summed E-state index contributed by atoms with van der Waals surface area (Å²) in [5.41, 5.74) is 3.41. The minimum absolute atomic E-state index is 0.294. The Morgan fingerprint density at radius 2 is 2.16 bits per heavy atom. The zero-order valence-corrected chi connectivity index (χ0v) is 13.7. The molecule has 0 amide bonds. The number of halogens is 1. The summed E-state index contributed by atoms with van der Waals surface area (Å²) in [7, 11) is 0. The number of aromatic nitrogens is 2. The van der Waals surface area contributed by atoms with Crippen LogP contribution < -0.4 is 0 Å². The maximum Gasteiger partial charge on any atom is 0.338 e. The van der Waals surface area contributed by atoms with Gasteiger partial charge in [-0.3, -0.25) is 4.40 Å². The highest BCUT2D eigenvalue weighted by molar-refractivity contribution is 14.1. The Hall–Kier alpha value is -1.11. The number of carbonyl (C=O) groups is 1. The topological polar surface area (TPSA) is 43.6 Å². The Kier molecular flexibility index (Phi) is 4.13. The van der Waals surface area contributed by atoms with Gasteiger partial charge in [-0.15, -0.1) is 0 Å². The number of hydrogen-bond acceptors (Lipinski definition) is 3. The number of hydrogen-bond donors (Lipinski definition) is 0. The van der Waals surface area contributed by atoms with Crippen molar-refractivity contribution in [2.45, 2.75) is 33.6 Å². The van der Waals surface area contributed by atoms with Gasteiger partial charge in [-0.1, -0.05) is 13.8 Å². The fraction of sp³-hybridized carbons (Fsp3) is 0.429. The molecule has 0 aliphatic carbocycles. The normalized spacial score (nSPS) is 11.3. The maximum absolute atomic E-state index is 11.8. The van der Waals surface area contributed by atoms with Crippen molar-refractivity contribution in [2.75, 3.05) is 6.61 Å². The van der Waals surface area contributed by atoms with E-state index in [0.29, 0.717) is 18.1 Å². The zero-order chi connectivity index (χ0) is 14.2. The Morgan fingerprint density at radius 1 is 1.47 bits per heavy atom. The van der Waals surface area contributed by atoms with Crippen LogP contribution >= 0.6 is 22.6 Å². The summed E-state index contributed by atoms with van der Waals surface area (Å²) in [6.45, 7) is 8.39. The highest BCUT2D eigenvalue weighted by atomic mass is 127. The van der Waals surface area contributed by atoms with E-state index in [2.05, 4.69) is 45.8 Å². The first-order valence-electron chi connectivity index (χ1n) is 6.31. The van der Waals surface area contributed by atoms with Gasteiger partial charge in [0.05, 0.1) is 17.9 Å². The number of ether oxygens (including phenoxy) is 1. The zero-order valence-electron chi connectivity index (χ0n) is 11.5. The molecule has 0 aliphatic rings. The SMILES string of the molecule is CCOC(=O)c1cc(C)n2c(I)c(C(C)C)nc2c1. The van der Waals surface area contributed by atoms with Crippen molar-refractivity contribution in [3.63, 3.8) is 0 Å². The third-order valence-corrected chi connectivity index (χ3v) is 3.97. The molecule has 0 fully saturated rings. The van der Waals surface area contributed by atoms with Crippen molar-refractivity contribution in [1.82, 2.24) is 9.38 Å². The molecule has 5 heteroatoms. The van der Waals surface area contributed by atoms with E-state index in [0.717, 1.165) is 20.7 Å². The molecule has 0 unspecified atom stereocenters. The molecule has 0 spiro atoms. The Labute approximate surface area is 126 Å². The van der Waals surface area contributed by atoms with Crippen molar-refractivity contribution in [2.24, 2.45) is 0 Å². The van der Waals surface area contributed by atoms with Gasteiger partial charge in [0.2, 0.25) is 0 Å². The van der Waals surface area contributed by atoms with Gasteiger partial charge in [0, 0.05) is 5.69 Å². The molecular weight excluding hydrogens is 355 g/mol. The van der Waals surface area contributed by atoms with E-state index in [4.69, 9.17) is 4.74 Å². The Bertz CT molecular complexity index is 632. The highest BCUT2D eigenvalue weighted by Gasteiger charge is 2.17. The smallest absolute Gasteiger partial charge is 0.338 e. The molecule has 102 valence electrons. The van der Waals surface area contributed by atoms with Gasteiger partial charge in [-0.2, -0.15) is 0 Å². The lowest BCUT2D eigenvalue weighted by Crippen LogP contribution is -2.06. The average molecular weight is 372 g/mol. The lowest BCUT2D eigenvalue weighted by atomic mass is 10.2. The van der Waals surface area contributed by atoms with Crippen LogP contribution in [0.15, 0.2) is 12.1 Å². The van der Waals surface area contributed by atoms with Gasteiger partial charge >= 0.3 is 5.97 Å².